The van der Waals surface area contributed by atoms with Gasteiger partial charge in [0.2, 0.25) is 0 Å². The van der Waals surface area contributed by atoms with Crippen molar-refractivity contribution in [3.8, 4) is 5.69 Å². The maximum absolute atomic E-state index is 12.7. The zero-order chi connectivity index (χ0) is 17.2. The second-order valence-corrected chi connectivity index (χ2v) is 6.81. The van der Waals surface area contributed by atoms with Crippen LogP contribution in [0.2, 0.25) is 0 Å². The van der Waals surface area contributed by atoms with Crippen molar-refractivity contribution in [1.82, 2.24) is 24.6 Å². The van der Waals surface area contributed by atoms with Gasteiger partial charge in [0.25, 0.3) is 5.91 Å². The maximum Gasteiger partial charge on any atom is 0.253 e. The van der Waals surface area contributed by atoms with Crippen LogP contribution >= 0.6 is 0 Å². The average Bonchev–Trinajstić information content (AvgIpc) is 3.33. The molecule has 1 aromatic carbocycles. The van der Waals surface area contributed by atoms with E-state index in [-0.39, 0.29) is 18.1 Å². The quantitative estimate of drug-likeness (QED) is 0.899. The van der Waals surface area contributed by atoms with Crippen LogP contribution in [0.1, 0.15) is 29.6 Å². The predicted molar refractivity (Wildman–Crippen MR) is 92.5 cm³/mol. The van der Waals surface area contributed by atoms with Crippen molar-refractivity contribution in [2.24, 2.45) is 0 Å². The summed E-state index contributed by atoms with van der Waals surface area (Å²) < 4.78 is 1.81. The molecule has 1 aliphatic heterocycles. The highest BCUT2D eigenvalue weighted by molar-refractivity contribution is 5.94. The molecule has 4 rings (SSSR count). The fourth-order valence-corrected chi connectivity index (χ4v) is 3.90. The van der Waals surface area contributed by atoms with Gasteiger partial charge in [0.1, 0.15) is 12.7 Å². The number of hydrogen-bond acceptors (Lipinski definition) is 5. The van der Waals surface area contributed by atoms with Crippen molar-refractivity contribution in [3.05, 3.63) is 42.5 Å². The van der Waals surface area contributed by atoms with E-state index in [1.165, 1.54) is 0 Å². The van der Waals surface area contributed by atoms with E-state index >= 15 is 0 Å². The maximum atomic E-state index is 12.7. The van der Waals surface area contributed by atoms with Crippen LogP contribution in [0.3, 0.4) is 0 Å². The first kappa shape index (κ1) is 16.2. The molecule has 0 radical (unpaired) electrons. The molecule has 2 aliphatic rings. The Kier molecular flexibility index (Phi) is 4.50. The number of piperazine rings is 1. The Hall–Kier alpha value is -2.25. The van der Waals surface area contributed by atoms with Crippen LogP contribution < -0.4 is 0 Å². The highest BCUT2D eigenvalue weighted by Crippen LogP contribution is 2.25. The summed E-state index contributed by atoms with van der Waals surface area (Å²) in [5.74, 6) is 0.0712. The van der Waals surface area contributed by atoms with Gasteiger partial charge in [0, 0.05) is 43.5 Å². The van der Waals surface area contributed by atoms with E-state index in [0.29, 0.717) is 5.56 Å². The Morgan fingerprint density at radius 3 is 2.28 bits per heavy atom. The monoisotopic (exact) mass is 341 g/mol. The van der Waals surface area contributed by atoms with Gasteiger partial charge in [0.05, 0.1) is 6.10 Å². The van der Waals surface area contributed by atoms with Gasteiger partial charge < -0.3 is 10.0 Å². The summed E-state index contributed by atoms with van der Waals surface area (Å²) in [4.78, 5) is 17.0. The fraction of sp³-hybridized carbons (Fsp3) is 0.500. The highest BCUT2D eigenvalue weighted by atomic mass is 16.3. The first-order valence-corrected chi connectivity index (χ1v) is 8.89. The minimum Gasteiger partial charge on any atom is -0.391 e. The fourth-order valence-electron chi connectivity index (χ4n) is 3.90. The van der Waals surface area contributed by atoms with E-state index < -0.39 is 0 Å². The third-order valence-electron chi connectivity index (χ3n) is 5.35. The molecule has 25 heavy (non-hydrogen) atoms. The number of aliphatic hydroxyl groups is 1. The van der Waals surface area contributed by atoms with E-state index in [4.69, 9.17) is 0 Å². The Morgan fingerprint density at radius 1 is 1.00 bits per heavy atom. The summed E-state index contributed by atoms with van der Waals surface area (Å²) in [6, 6.07) is 7.79. The first-order chi connectivity index (χ1) is 12.2. The molecule has 2 fully saturated rings. The number of hydrogen-bond donors (Lipinski definition) is 1. The topological polar surface area (TPSA) is 74.5 Å². The van der Waals surface area contributed by atoms with Crippen molar-refractivity contribution < 1.29 is 9.90 Å². The molecular formula is C18H23N5O2. The number of nitrogens with zero attached hydrogens (tertiary/aromatic N) is 5. The summed E-state index contributed by atoms with van der Waals surface area (Å²) in [6.45, 7) is 3.11. The third kappa shape index (κ3) is 3.29. The molecule has 2 aromatic rings. The minimum atomic E-state index is -0.201. The molecule has 1 aliphatic carbocycles. The van der Waals surface area contributed by atoms with Gasteiger partial charge in [-0.2, -0.15) is 0 Å². The molecule has 1 aromatic heterocycles. The normalized spacial score (nSPS) is 24.6. The summed E-state index contributed by atoms with van der Waals surface area (Å²) in [6.07, 6.45) is 6.14. The van der Waals surface area contributed by atoms with E-state index in [1.807, 2.05) is 29.2 Å². The Morgan fingerprint density at radius 2 is 1.68 bits per heavy atom. The summed E-state index contributed by atoms with van der Waals surface area (Å²) in [5.41, 5.74) is 1.63. The lowest BCUT2D eigenvalue weighted by Gasteiger charge is -2.39. The van der Waals surface area contributed by atoms with Gasteiger partial charge >= 0.3 is 0 Å². The zero-order valence-corrected chi connectivity index (χ0v) is 14.2. The number of carbonyl (C=O) groups excluding carboxylic acids is 1. The molecule has 1 N–H and O–H groups in total. The minimum absolute atomic E-state index is 0.0712. The summed E-state index contributed by atoms with van der Waals surface area (Å²) in [5, 5.41) is 17.6. The van der Waals surface area contributed by atoms with E-state index in [2.05, 4.69) is 15.1 Å². The van der Waals surface area contributed by atoms with Gasteiger partial charge in [-0.05, 0) is 43.5 Å². The molecule has 2 heterocycles. The molecule has 7 nitrogen and oxygen atoms in total. The van der Waals surface area contributed by atoms with Gasteiger partial charge in [-0.1, -0.05) is 0 Å². The van der Waals surface area contributed by atoms with Gasteiger partial charge in [-0.25, -0.2) is 0 Å². The highest BCUT2D eigenvalue weighted by Gasteiger charge is 2.33. The van der Waals surface area contributed by atoms with Gasteiger partial charge in [-0.3, -0.25) is 14.3 Å². The van der Waals surface area contributed by atoms with Crippen LogP contribution in [-0.4, -0.2) is 73.9 Å². The van der Waals surface area contributed by atoms with Crippen molar-refractivity contribution in [2.75, 3.05) is 26.2 Å². The van der Waals surface area contributed by atoms with E-state index in [9.17, 15) is 9.90 Å². The molecule has 132 valence electrons. The number of carbonyl (C=O) groups is 1. The number of amides is 1. The van der Waals surface area contributed by atoms with Gasteiger partial charge in [-0.15, -0.1) is 10.2 Å². The molecule has 0 bridgehead atoms. The molecule has 2 atom stereocenters. The molecule has 1 amide bonds. The lowest BCUT2D eigenvalue weighted by Crippen LogP contribution is -2.53. The SMILES string of the molecule is O=C(c1ccc(-n2cnnc2)cc1)N1CCN([C@@H]2CCC[C@@H]2O)CC1. The standard InChI is InChI=1S/C18H23N5O2/c24-17-3-1-2-16(17)21-8-10-22(11-9-21)18(25)14-4-6-15(7-5-14)23-12-19-20-13-23/h4-7,12-13,16-17,24H,1-3,8-11H2/t16-,17+/m1/s1. The van der Waals surface area contributed by atoms with E-state index in [1.54, 1.807) is 17.2 Å². The second-order valence-electron chi connectivity index (χ2n) is 6.81. The van der Waals surface area contributed by atoms with Crippen molar-refractivity contribution >= 4 is 5.91 Å². The Bertz CT molecular complexity index is 708. The van der Waals surface area contributed by atoms with Gasteiger partial charge in [0.15, 0.2) is 0 Å². The molecule has 0 unspecified atom stereocenters. The lowest BCUT2D eigenvalue weighted by molar-refractivity contribution is 0.0315. The molecule has 1 saturated heterocycles. The summed E-state index contributed by atoms with van der Waals surface area (Å²) in [7, 11) is 0. The van der Waals surface area contributed by atoms with Crippen LogP contribution in [0, 0.1) is 0 Å². The molecular weight excluding hydrogens is 318 g/mol. The zero-order valence-electron chi connectivity index (χ0n) is 14.2. The van der Waals surface area contributed by atoms with Crippen LogP contribution in [0.4, 0.5) is 0 Å². The van der Waals surface area contributed by atoms with Crippen molar-refractivity contribution in [3.63, 3.8) is 0 Å². The molecule has 1 saturated carbocycles. The molecule has 0 spiro atoms. The average molecular weight is 341 g/mol. The van der Waals surface area contributed by atoms with Crippen LogP contribution in [-0.2, 0) is 0 Å². The Labute approximate surface area is 146 Å². The number of aromatic nitrogens is 3. The van der Waals surface area contributed by atoms with Crippen molar-refractivity contribution in [2.45, 2.75) is 31.4 Å². The number of rotatable bonds is 3. The second kappa shape index (κ2) is 6.93. The van der Waals surface area contributed by atoms with E-state index in [0.717, 1.165) is 51.1 Å². The number of benzene rings is 1. The van der Waals surface area contributed by atoms with Crippen molar-refractivity contribution in [1.29, 1.82) is 0 Å². The van der Waals surface area contributed by atoms with Crippen LogP contribution in [0.25, 0.3) is 5.69 Å². The largest absolute Gasteiger partial charge is 0.391 e. The number of aliphatic hydroxyl groups excluding tert-OH is 1. The predicted octanol–water partition coefficient (Wildman–Crippen LogP) is 0.938. The molecule has 7 heteroatoms. The Balaban J connectivity index is 1.37. The third-order valence-corrected chi connectivity index (χ3v) is 5.35. The van der Waals surface area contributed by atoms with Crippen LogP contribution in [0.15, 0.2) is 36.9 Å². The van der Waals surface area contributed by atoms with Crippen LogP contribution in [0.5, 0.6) is 0 Å². The summed E-state index contributed by atoms with van der Waals surface area (Å²) >= 11 is 0. The smallest absolute Gasteiger partial charge is 0.253 e. The lowest BCUT2D eigenvalue weighted by atomic mass is 10.1. The first-order valence-electron chi connectivity index (χ1n) is 8.89.